The Balaban J connectivity index is 1.26. The molecule has 0 spiro atoms. The van der Waals surface area contributed by atoms with Gasteiger partial charge in [-0.3, -0.25) is 9.59 Å². The number of likely N-dealkylation sites (N-methyl/N-ethyl adjacent to an activating group) is 1. The van der Waals surface area contributed by atoms with Gasteiger partial charge in [0.1, 0.15) is 17.3 Å². The molecule has 0 bridgehead atoms. The minimum Gasteiger partial charge on any atom is -0.484 e. The summed E-state index contributed by atoms with van der Waals surface area (Å²) in [6.07, 6.45) is 2.69. The van der Waals surface area contributed by atoms with Gasteiger partial charge < -0.3 is 19.0 Å². The average Bonchev–Trinajstić information content (AvgIpc) is 3.06. The van der Waals surface area contributed by atoms with Gasteiger partial charge >= 0.3 is 0 Å². The molecule has 1 aromatic carbocycles. The number of amides is 2. The maximum Gasteiger partial charge on any atom is 0.260 e. The van der Waals surface area contributed by atoms with E-state index in [1.54, 1.807) is 29.0 Å². The molecular weight excluding hydrogens is 356 g/mol. The van der Waals surface area contributed by atoms with Crippen LogP contribution in [-0.2, 0) is 16.1 Å². The summed E-state index contributed by atoms with van der Waals surface area (Å²) in [6.45, 7) is 3.37. The summed E-state index contributed by atoms with van der Waals surface area (Å²) in [5, 5.41) is 0. The summed E-state index contributed by atoms with van der Waals surface area (Å²) < 4.78 is 11.5. The smallest absolute Gasteiger partial charge is 0.260 e. The van der Waals surface area contributed by atoms with Gasteiger partial charge in [0.15, 0.2) is 6.61 Å². The highest BCUT2D eigenvalue weighted by molar-refractivity contribution is 5.95. The van der Waals surface area contributed by atoms with E-state index in [1.165, 1.54) is 6.42 Å². The Bertz CT molecular complexity index is 858. The number of carbonyl (C=O) groups is 2. The van der Waals surface area contributed by atoms with E-state index in [9.17, 15) is 9.59 Å². The van der Waals surface area contributed by atoms with Crippen molar-refractivity contribution in [3.05, 3.63) is 47.9 Å². The Morgan fingerprint density at radius 3 is 2.64 bits per heavy atom. The highest BCUT2D eigenvalue weighted by Gasteiger charge is 2.36. The van der Waals surface area contributed by atoms with Crippen molar-refractivity contribution in [2.45, 2.75) is 38.6 Å². The summed E-state index contributed by atoms with van der Waals surface area (Å²) in [7, 11) is 1.75. The van der Waals surface area contributed by atoms with Gasteiger partial charge in [0.05, 0.1) is 6.54 Å². The van der Waals surface area contributed by atoms with Crippen molar-refractivity contribution >= 4 is 17.5 Å². The third-order valence-corrected chi connectivity index (χ3v) is 5.56. The zero-order valence-corrected chi connectivity index (χ0v) is 16.4. The molecule has 0 radical (unpaired) electrons. The molecular formula is C22H26N2O4. The van der Waals surface area contributed by atoms with Crippen LogP contribution in [0.1, 0.15) is 43.6 Å². The fraction of sp³-hybridized carbons (Fsp3) is 0.455. The van der Waals surface area contributed by atoms with E-state index in [0.717, 1.165) is 30.2 Å². The topological polar surface area (TPSA) is 63.0 Å². The van der Waals surface area contributed by atoms with Crippen LogP contribution >= 0.6 is 0 Å². The molecule has 0 N–H and O–H groups in total. The van der Waals surface area contributed by atoms with E-state index < -0.39 is 0 Å². The molecule has 2 heterocycles. The van der Waals surface area contributed by atoms with Crippen molar-refractivity contribution in [2.75, 3.05) is 25.1 Å². The van der Waals surface area contributed by atoms with Gasteiger partial charge in [-0.25, -0.2) is 0 Å². The second-order valence-electron chi connectivity index (χ2n) is 7.80. The molecule has 6 heteroatoms. The largest absolute Gasteiger partial charge is 0.484 e. The Morgan fingerprint density at radius 2 is 2.00 bits per heavy atom. The van der Waals surface area contributed by atoms with Crippen LogP contribution in [0.3, 0.4) is 0 Å². The minimum atomic E-state index is -0.114. The molecule has 2 atom stereocenters. The van der Waals surface area contributed by atoms with Crippen LogP contribution in [-0.4, -0.2) is 36.9 Å². The molecule has 1 saturated carbocycles. The first-order chi connectivity index (χ1) is 13.5. The molecule has 2 aliphatic rings. The van der Waals surface area contributed by atoms with E-state index in [2.05, 4.69) is 6.92 Å². The van der Waals surface area contributed by atoms with Gasteiger partial charge in [0, 0.05) is 31.6 Å². The summed E-state index contributed by atoms with van der Waals surface area (Å²) in [4.78, 5) is 27.5. The van der Waals surface area contributed by atoms with Gasteiger partial charge in [-0.1, -0.05) is 6.92 Å². The molecule has 148 valence electrons. The monoisotopic (exact) mass is 382 g/mol. The first-order valence-electron chi connectivity index (χ1n) is 9.87. The van der Waals surface area contributed by atoms with Crippen LogP contribution in [0.25, 0.3) is 0 Å². The van der Waals surface area contributed by atoms with Gasteiger partial charge in [0.25, 0.3) is 5.91 Å². The van der Waals surface area contributed by atoms with Crippen molar-refractivity contribution in [1.82, 2.24) is 4.90 Å². The lowest BCUT2D eigenvalue weighted by Crippen LogP contribution is -2.30. The molecule has 28 heavy (non-hydrogen) atoms. The van der Waals surface area contributed by atoms with Crippen LogP contribution in [0.15, 0.2) is 40.8 Å². The van der Waals surface area contributed by atoms with Crippen LogP contribution in [0.2, 0.25) is 0 Å². The molecule has 2 aromatic rings. The van der Waals surface area contributed by atoms with Crippen molar-refractivity contribution in [2.24, 2.45) is 5.92 Å². The van der Waals surface area contributed by atoms with Crippen LogP contribution in [0.4, 0.5) is 5.69 Å². The number of ether oxygens (including phenoxy) is 1. The fourth-order valence-corrected chi connectivity index (χ4v) is 3.62. The molecule has 6 nitrogen and oxygen atoms in total. The Labute approximate surface area is 165 Å². The number of benzene rings is 1. The quantitative estimate of drug-likeness (QED) is 0.734. The van der Waals surface area contributed by atoms with E-state index in [0.29, 0.717) is 30.6 Å². The van der Waals surface area contributed by atoms with Crippen LogP contribution in [0, 0.1) is 5.92 Å². The van der Waals surface area contributed by atoms with Crippen molar-refractivity contribution in [1.29, 1.82) is 0 Å². The van der Waals surface area contributed by atoms with E-state index >= 15 is 0 Å². The number of anilines is 1. The minimum absolute atomic E-state index is 0.0360. The van der Waals surface area contributed by atoms with E-state index in [-0.39, 0.29) is 18.4 Å². The zero-order valence-electron chi connectivity index (χ0n) is 16.4. The number of hydrogen-bond acceptors (Lipinski definition) is 4. The predicted molar refractivity (Wildman–Crippen MR) is 105 cm³/mol. The van der Waals surface area contributed by atoms with E-state index in [1.807, 2.05) is 24.3 Å². The second kappa shape index (κ2) is 7.70. The zero-order chi connectivity index (χ0) is 19.7. The summed E-state index contributed by atoms with van der Waals surface area (Å²) in [6, 6.07) is 11.3. The van der Waals surface area contributed by atoms with Crippen molar-refractivity contribution in [3.8, 4) is 5.75 Å². The summed E-state index contributed by atoms with van der Waals surface area (Å²) in [5.41, 5.74) is 0.872. The molecule has 1 aromatic heterocycles. The van der Waals surface area contributed by atoms with Gasteiger partial charge in [-0.15, -0.1) is 0 Å². The number of carbonyl (C=O) groups excluding carboxylic acids is 2. The fourth-order valence-electron chi connectivity index (χ4n) is 3.62. The number of nitrogens with zero attached hydrogens (tertiary/aromatic N) is 2. The Hall–Kier alpha value is -2.76. The standard InChI is InChI=1S/C22H26N2O4/c1-15-12-19(15)20-10-9-18(28-20)13-23(2)22(26)14-27-17-7-5-16(6-8-17)24-11-3-4-21(24)25/h5-10,15,19H,3-4,11-14H2,1-2H3/t15-,19+/m1/s1. The Morgan fingerprint density at radius 1 is 1.25 bits per heavy atom. The molecule has 0 unspecified atom stereocenters. The third-order valence-electron chi connectivity index (χ3n) is 5.56. The lowest BCUT2D eigenvalue weighted by molar-refractivity contribution is -0.132. The normalized spacial score (nSPS) is 21.1. The first-order valence-corrected chi connectivity index (χ1v) is 9.87. The second-order valence-corrected chi connectivity index (χ2v) is 7.80. The number of furan rings is 1. The lowest BCUT2D eigenvalue weighted by atomic mass is 10.3. The third kappa shape index (κ3) is 4.06. The Kier molecular flexibility index (Phi) is 5.11. The maximum absolute atomic E-state index is 12.4. The van der Waals surface area contributed by atoms with Crippen molar-refractivity contribution in [3.63, 3.8) is 0 Å². The van der Waals surface area contributed by atoms with Crippen LogP contribution < -0.4 is 9.64 Å². The summed E-state index contributed by atoms with van der Waals surface area (Å²) >= 11 is 0. The number of rotatable bonds is 7. The molecule has 4 rings (SSSR count). The molecule has 1 aliphatic heterocycles. The van der Waals surface area contributed by atoms with E-state index in [4.69, 9.17) is 9.15 Å². The maximum atomic E-state index is 12.4. The van der Waals surface area contributed by atoms with Gasteiger partial charge in [-0.05, 0) is 55.2 Å². The molecule has 2 fully saturated rings. The molecule has 2 amide bonds. The molecule has 1 aliphatic carbocycles. The van der Waals surface area contributed by atoms with Gasteiger partial charge in [0.2, 0.25) is 5.91 Å². The predicted octanol–water partition coefficient (Wildman–Crippen LogP) is 3.57. The highest BCUT2D eigenvalue weighted by atomic mass is 16.5. The molecule has 1 saturated heterocycles. The first kappa shape index (κ1) is 18.6. The van der Waals surface area contributed by atoms with Crippen molar-refractivity contribution < 1.29 is 18.7 Å². The highest BCUT2D eigenvalue weighted by Crippen LogP contribution is 2.47. The van der Waals surface area contributed by atoms with Crippen LogP contribution in [0.5, 0.6) is 5.75 Å². The summed E-state index contributed by atoms with van der Waals surface area (Å²) in [5.74, 6) is 3.71. The number of hydrogen-bond donors (Lipinski definition) is 0. The SMILES string of the molecule is C[C@@H]1C[C@@H]1c1ccc(CN(C)C(=O)COc2ccc(N3CCCC3=O)cc2)o1. The average molecular weight is 382 g/mol. The lowest BCUT2D eigenvalue weighted by Gasteiger charge is -2.17. The van der Waals surface area contributed by atoms with Gasteiger partial charge in [-0.2, -0.15) is 0 Å².